The zero-order valence-electron chi connectivity index (χ0n) is 19.4. The van der Waals surface area contributed by atoms with Crippen LogP contribution in [0.2, 0.25) is 0 Å². The van der Waals surface area contributed by atoms with Crippen LogP contribution in [0.5, 0.6) is 0 Å². The lowest BCUT2D eigenvalue weighted by Crippen LogP contribution is -2.43. The van der Waals surface area contributed by atoms with E-state index in [0.29, 0.717) is 31.6 Å². The van der Waals surface area contributed by atoms with Gasteiger partial charge < -0.3 is 19.5 Å². The maximum atomic E-state index is 13.4. The van der Waals surface area contributed by atoms with E-state index in [0.717, 1.165) is 34.7 Å². The molecule has 1 saturated heterocycles. The molecule has 31 heavy (non-hydrogen) atoms. The van der Waals surface area contributed by atoms with E-state index in [2.05, 4.69) is 5.32 Å². The number of thiophene rings is 1. The molecule has 1 fully saturated rings. The fraction of sp³-hybridized carbons (Fsp3) is 0.727. The SMILES string of the molecule is COC(CNCc1sc2c(c1C)c(=O)n(CC(C)(C)C)c(=O)n2CC1CCCO1)OC. The van der Waals surface area contributed by atoms with Gasteiger partial charge in [-0.2, -0.15) is 0 Å². The van der Waals surface area contributed by atoms with Crippen LogP contribution in [0.25, 0.3) is 10.2 Å². The number of ether oxygens (including phenoxy) is 3. The molecule has 0 saturated carbocycles. The van der Waals surface area contributed by atoms with Gasteiger partial charge in [-0.15, -0.1) is 11.3 Å². The minimum absolute atomic E-state index is 0.00892. The Morgan fingerprint density at radius 1 is 1.23 bits per heavy atom. The smallest absolute Gasteiger partial charge is 0.332 e. The number of fused-ring (bicyclic) bond motifs is 1. The standard InChI is InChI=1S/C22H35N3O5S/c1-14-16(10-23-11-17(28-5)29-6)31-20-18(14)19(26)25(13-22(2,3)4)21(27)24(20)12-15-8-7-9-30-15/h15,17,23H,7-13H2,1-6H3. The third-order valence-corrected chi connectivity index (χ3v) is 6.87. The molecule has 0 aromatic carbocycles. The largest absolute Gasteiger partial charge is 0.376 e. The Kier molecular flexibility index (Phi) is 7.75. The van der Waals surface area contributed by atoms with E-state index < -0.39 is 0 Å². The first-order chi connectivity index (χ1) is 14.7. The molecule has 1 aliphatic heterocycles. The van der Waals surface area contributed by atoms with E-state index in [1.54, 1.807) is 18.8 Å². The highest BCUT2D eigenvalue weighted by Gasteiger charge is 2.25. The van der Waals surface area contributed by atoms with Crippen molar-refractivity contribution >= 4 is 21.6 Å². The molecule has 0 amide bonds. The Labute approximate surface area is 187 Å². The predicted molar refractivity (Wildman–Crippen MR) is 123 cm³/mol. The fourth-order valence-corrected chi connectivity index (χ4v) is 5.21. The number of nitrogens with one attached hydrogen (secondary N) is 1. The number of hydrogen-bond acceptors (Lipinski definition) is 7. The first-order valence-corrected chi connectivity index (χ1v) is 11.6. The van der Waals surface area contributed by atoms with Crippen LogP contribution in [0, 0.1) is 12.3 Å². The van der Waals surface area contributed by atoms with Gasteiger partial charge in [0.2, 0.25) is 0 Å². The van der Waals surface area contributed by atoms with Crippen molar-refractivity contribution in [3.63, 3.8) is 0 Å². The molecule has 0 radical (unpaired) electrons. The summed E-state index contributed by atoms with van der Waals surface area (Å²) >= 11 is 1.51. The Balaban J connectivity index is 2.05. The normalized spacial score (nSPS) is 17.3. The van der Waals surface area contributed by atoms with E-state index >= 15 is 0 Å². The second-order valence-electron chi connectivity index (χ2n) is 9.34. The summed E-state index contributed by atoms with van der Waals surface area (Å²) in [6.07, 6.45) is 1.61. The summed E-state index contributed by atoms with van der Waals surface area (Å²) in [5.74, 6) is 0. The van der Waals surface area contributed by atoms with Crippen LogP contribution >= 0.6 is 11.3 Å². The molecule has 3 heterocycles. The third-order valence-electron chi connectivity index (χ3n) is 5.56. The predicted octanol–water partition coefficient (Wildman–Crippen LogP) is 2.47. The van der Waals surface area contributed by atoms with Gasteiger partial charge in [-0.05, 0) is 30.7 Å². The Morgan fingerprint density at radius 3 is 2.52 bits per heavy atom. The van der Waals surface area contributed by atoms with Gasteiger partial charge in [0.25, 0.3) is 5.56 Å². The van der Waals surface area contributed by atoms with Gasteiger partial charge in [0, 0.05) is 45.3 Å². The number of rotatable bonds is 9. The third kappa shape index (κ3) is 5.46. The van der Waals surface area contributed by atoms with Crippen LogP contribution in [0.1, 0.15) is 44.1 Å². The highest BCUT2D eigenvalue weighted by Crippen LogP contribution is 2.29. The maximum absolute atomic E-state index is 13.4. The highest BCUT2D eigenvalue weighted by atomic mass is 32.1. The van der Waals surface area contributed by atoms with Crippen LogP contribution in [0.4, 0.5) is 0 Å². The van der Waals surface area contributed by atoms with Crippen LogP contribution in [-0.2, 0) is 33.8 Å². The quantitative estimate of drug-likeness (QED) is 0.588. The monoisotopic (exact) mass is 453 g/mol. The summed E-state index contributed by atoms with van der Waals surface area (Å²) in [5, 5.41) is 3.96. The van der Waals surface area contributed by atoms with Crippen LogP contribution in [0.3, 0.4) is 0 Å². The summed E-state index contributed by atoms with van der Waals surface area (Å²) in [6, 6.07) is 0. The molecule has 174 valence electrons. The number of methoxy groups -OCH3 is 2. The molecule has 2 aromatic heterocycles. The summed E-state index contributed by atoms with van der Waals surface area (Å²) in [6.45, 7) is 10.7. The van der Waals surface area contributed by atoms with Crippen molar-refractivity contribution in [2.75, 3.05) is 27.4 Å². The molecule has 2 aromatic rings. The molecule has 9 heteroatoms. The highest BCUT2D eigenvalue weighted by molar-refractivity contribution is 7.18. The average molecular weight is 454 g/mol. The average Bonchev–Trinajstić information content (AvgIpc) is 3.33. The summed E-state index contributed by atoms with van der Waals surface area (Å²) in [7, 11) is 3.20. The van der Waals surface area contributed by atoms with Gasteiger partial charge in [0.05, 0.1) is 18.0 Å². The van der Waals surface area contributed by atoms with Crippen LogP contribution in [-0.4, -0.2) is 48.9 Å². The molecule has 1 atom stereocenters. The van der Waals surface area contributed by atoms with Crippen molar-refractivity contribution in [1.29, 1.82) is 0 Å². The van der Waals surface area contributed by atoms with Crippen LogP contribution < -0.4 is 16.6 Å². The van der Waals surface area contributed by atoms with Gasteiger partial charge in [-0.3, -0.25) is 13.9 Å². The van der Waals surface area contributed by atoms with Gasteiger partial charge in [0.1, 0.15) is 4.83 Å². The minimum Gasteiger partial charge on any atom is -0.376 e. The second kappa shape index (κ2) is 9.95. The molecular formula is C22H35N3O5S. The van der Waals surface area contributed by atoms with Crippen molar-refractivity contribution in [2.24, 2.45) is 5.41 Å². The zero-order chi connectivity index (χ0) is 22.8. The number of nitrogens with zero attached hydrogens (tertiary/aromatic N) is 2. The van der Waals surface area contributed by atoms with Crippen molar-refractivity contribution in [3.05, 3.63) is 31.3 Å². The van der Waals surface area contributed by atoms with Gasteiger partial charge in [0.15, 0.2) is 6.29 Å². The number of aromatic nitrogens is 2. The Morgan fingerprint density at radius 2 is 1.94 bits per heavy atom. The van der Waals surface area contributed by atoms with E-state index in [1.807, 2.05) is 27.7 Å². The van der Waals surface area contributed by atoms with Crippen LogP contribution in [0.15, 0.2) is 9.59 Å². The van der Waals surface area contributed by atoms with E-state index in [-0.39, 0.29) is 29.1 Å². The molecule has 0 aliphatic carbocycles. The molecular weight excluding hydrogens is 418 g/mol. The Bertz CT molecular complexity index is 1010. The molecule has 1 aliphatic rings. The van der Waals surface area contributed by atoms with Crippen molar-refractivity contribution in [2.45, 2.75) is 72.6 Å². The molecule has 8 nitrogen and oxygen atoms in total. The van der Waals surface area contributed by atoms with Crippen molar-refractivity contribution in [3.8, 4) is 0 Å². The first-order valence-electron chi connectivity index (χ1n) is 10.8. The minimum atomic E-state index is -0.337. The molecule has 3 rings (SSSR count). The number of aryl methyl sites for hydroxylation is 1. The van der Waals surface area contributed by atoms with Gasteiger partial charge in [-0.25, -0.2) is 4.79 Å². The van der Waals surface area contributed by atoms with E-state index in [9.17, 15) is 9.59 Å². The Hall–Kier alpha value is -1.52. The van der Waals surface area contributed by atoms with E-state index in [4.69, 9.17) is 14.2 Å². The molecule has 1 N–H and O–H groups in total. The number of hydrogen-bond donors (Lipinski definition) is 1. The molecule has 0 spiro atoms. The molecule has 0 bridgehead atoms. The molecule has 1 unspecified atom stereocenters. The fourth-order valence-electron chi connectivity index (χ4n) is 3.94. The lowest BCUT2D eigenvalue weighted by Gasteiger charge is -2.21. The summed E-state index contributed by atoms with van der Waals surface area (Å²) in [5.41, 5.74) is 0.280. The van der Waals surface area contributed by atoms with Gasteiger partial charge in [-0.1, -0.05) is 20.8 Å². The van der Waals surface area contributed by atoms with E-state index in [1.165, 1.54) is 15.9 Å². The zero-order valence-corrected chi connectivity index (χ0v) is 20.3. The summed E-state index contributed by atoms with van der Waals surface area (Å²) < 4.78 is 19.4. The summed E-state index contributed by atoms with van der Waals surface area (Å²) in [4.78, 5) is 28.6. The van der Waals surface area contributed by atoms with Gasteiger partial charge >= 0.3 is 5.69 Å². The first kappa shape index (κ1) is 24.1. The maximum Gasteiger partial charge on any atom is 0.332 e. The van der Waals surface area contributed by atoms with Crippen molar-refractivity contribution in [1.82, 2.24) is 14.5 Å². The lowest BCUT2D eigenvalue weighted by molar-refractivity contribution is -0.0988. The van der Waals surface area contributed by atoms with Crippen molar-refractivity contribution < 1.29 is 14.2 Å². The topological polar surface area (TPSA) is 83.7 Å². The lowest BCUT2D eigenvalue weighted by atomic mass is 9.97. The second-order valence-corrected chi connectivity index (χ2v) is 10.4.